The van der Waals surface area contributed by atoms with Crippen molar-refractivity contribution in [1.82, 2.24) is 14.1 Å². The highest BCUT2D eigenvalue weighted by Crippen LogP contribution is 2.57. The zero-order valence-corrected chi connectivity index (χ0v) is 23.0. The lowest BCUT2D eigenvalue weighted by Crippen LogP contribution is -2.16. The van der Waals surface area contributed by atoms with Crippen LogP contribution in [0.15, 0.2) is 128 Å². The number of rotatable bonds is 2. The Morgan fingerprint density at radius 2 is 1.17 bits per heavy atom. The van der Waals surface area contributed by atoms with Gasteiger partial charge in [0.05, 0.1) is 22.1 Å². The first-order chi connectivity index (χ1) is 20.2. The van der Waals surface area contributed by atoms with Crippen LogP contribution in [-0.4, -0.2) is 14.1 Å². The second-order valence-corrected chi connectivity index (χ2v) is 11.6. The van der Waals surface area contributed by atoms with Crippen molar-refractivity contribution in [3.8, 4) is 22.6 Å². The van der Waals surface area contributed by atoms with Gasteiger partial charge in [0.25, 0.3) is 0 Å². The molecule has 0 amide bonds. The van der Waals surface area contributed by atoms with E-state index in [9.17, 15) is 0 Å². The highest BCUT2D eigenvalue weighted by atomic mass is 15.1. The molecule has 0 saturated carbocycles. The largest absolute Gasteiger partial charge is 0.309 e. The van der Waals surface area contributed by atoms with Crippen LogP contribution >= 0.6 is 0 Å². The zero-order valence-electron chi connectivity index (χ0n) is 23.0. The van der Waals surface area contributed by atoms with Gasteiger partial charge < -0.3 is 4.57 Å². The number of hydrogen-bond acceptors (Lipinski definition) is 1. The van der Waals surface area contributed by atoms with Crippen molar-refractivity contribution < 1.29 is 0 Å². The predicted octanol–water partition coefficient (Wildman–Crippen LogP) is 9.58. The number of hydrogen-bond donors (Lipinski definition) is 0. The number of nitrogens with zero attached hydrogens (tertiary/aromatic N) is 3. The number of aromatic nitrogens is 3. The van der Waals surface area contributed by atoms with Crippen molar-refractivity contribution in [3.05, 3.63) is 139 Å². The van der Waals surface area contributed by atoms with E-state index in [4.69, 9.17) is 4.98 Å². The van der Waals surface area contributed by atoms with Crippen molar-refractivity contribution in [2.24, 2.45) is 0 Å². The van der Waals surface area contributed by atoms with E-state index in [2.05, 4.69) is 138 Å². The van der Waals surface area contributed by atoms with Crippen molar-refractivity contribution in [3.63, 3.8) is 0 Å². The summed E-state index contributed by atoms with van der Waals surface area (Å²) < 4.78 is 4.90. The summed E-state index contributed by atoms with van der Waals surface area (Å²) in [7, 11) is 0. The van der Waals surface area contributed by atoms with E-state index in [-0.39, 0.29) is 5.41 Å². The van der Waals surface area contributed by atoms with Gasteiger partial charge in [0, 0.05) is 44.4 Å². The maximum atomic E-state index is 4.89. The lowest BCUT2D eigenvalue weighted by atomic mass is 9.81. The Hall–Kier alpha value is -5.15. The number of benzene rings is 5. The van der Waals surface area contributed by atoms with Gasteiger partial charge >= 0.3 is 0 Å². The van der Waals surface area contributed by atoms with Gasteiger partial charge in [-0.25, -0.2) is 4.98 Å². The normalized spacial score (nSPS) is 13.8. The number of fused-ring (bicyclic) bond motifs is 12. The summed E-state index contributed by atoms with van der Waals surface area (Å²) >= 11 is 0. The third kappa shape index (κ3) is 2.80. The molecule has 0 aliphatic heterocycles. The summed E-state index contributed by atoms with van der Waals surface area (Å²) in [6.45, 7) is 4.79. The molecule has 3 aromatic heterocycles. The van der Waals surface area contributed by atoms with Crippen LogP contribution in [-0.2, 0) is 5.41 Å². The smallest absolute Gasteiger partial charge is 0.137 e. The van der Waals surface area contributed by atoms with Crippen molar-refractivity contribution in [1.29, 1.82) is 0 Å². The van der Waals surface area contributed by atoms with Crippen LogP contribution in [0.3, 0.4) is 0 Å². The average molecular weight is 526 g/mol. The monoisotopic (exact) mass is 525 g/mol. The van der Waals surface area contributed by atoms with Gasteiger partial charge in [0.15, 0.2) is 0 Å². The third-order valence-corrected chi connectivity index (χ3v) is 9.11. The topological polar surface area (TPSA) is 22.8 Å². The van der Waals surface area contributed by atoms with Crippen molar-refractivity contribution >= 4 is 43.6 Å². The van der Waals surface area contributed by atoms with E-state index >= 15 is 0 Å². The van der Waals surface area contributed by atoms with Gasteiger partial charge in [0.1, 0.15) is 5.82 Å². The molecular weight excluding hydrogens is 498 g/mol. The molecule has 194 valence electrons. The van der Waals surface area contributed by atoms with Crippen LogP contribution in [0.25, 0.3) is 66.2 Å². The fraction of sp³-hybridized carbons (Fsp3) is 0.0789. The third-order valence-electron chi connectivity index (χ3n) is 9.11. The van der Waals surface area contributed by atoms with Crippen LogP contribution in [0.1, 0.15) is 25.0 Å². The number of para-hydroxylation sites is 3. The molecule has 41 heavy (non-hydrogen) atoms. The molecular formula is C38H27N3. The fourth-order valence-electron chi connectivity index (χ4n) is 7.52. The Balaban J connectivity index is 1.67. The Morgan fingerprint density at radius 1 is 0.561 bits per heavy atom. The SMILES string of the molecule is CC1(C)c2ccccc2-c2c1c1c(c3ccccc3n1-c1ccccc1)c1c3ccccc3n(-c3ccccn3)c21. The Bertz CT molecular complexity index is 2320. The Labute approximate surface area is 237 Å². The molecule has 9 rings (SSSR count). The van der Waals surface area contributed by atoms with Gasteiger partial charge in [-0.05, 0) is 53.1 Å². The van der Waals surface area contributed by atoms with Crippen LogP contribution in [0.4, 0.5) is 0 Å². The minimum atomic E-state index is -0.204. The van der Waals surface area contributed by atoms with Gasteiger partial charge in [0.2, 0.25) is 0 Å². The van der Waals surface area contributed by atoms with Crippen molar-refractivity contribution in [2.75, 3.05) is 0 Å². The molecule has 3 heterocycles. The fourth-order valence-corrected chi connectivity index (χ4v) is 7.52. The maximum absolute atomic E-state index is 4.89. The molecule has 0 radical (unpaired) electrons. The van der Waals surface area contributed by atoms with E-state index in [0.717, 1.165) is 5.82 Å². The molecule has 0 unspecified atom stereocenters. The van der Waals surface area contributed by atoms with Gasteiger partial charge in [-0.2, -0.15) is 0 Å². The van der Waals surface area contributed by atoms with E-state index < -0.39 is 0 Å². The molecule has 1 aliphatic carbocycles. The van der Waals surface area contributed by atoms with E-state index in [0.29, 0.717) is 0 Å². The molecule has 1 aliphatic rings. The quantitative estimate of drug-likeness (QED) is 0.220. The summed E-state index contributed by atoms with van der Waals surface area (Å²) in [4.78, 5) is 4.89. The average Bonchev–Trinajstić information content (AvgIpc) is 3.62. The van der Waals surface area contributed by atoms with Crippen LogP contribution in [0.2, 0.25) is 0 Å². The second-order valence-electron chi connectivity index (χ2n) is 11.6. The first kappa shape index (κ1) is 22.6. The predicted molar refractivity (Wildman–Crippen MR) is 170 cm³/mol. The first-order valence-electron chi connectivity index (χ1n) is 14.3. The molecule has 3 nitrogen and oxygen atoms in total. The summed E-state index contributed by atoms with van der Waals surface area (Å²) in [5.41, 5.74) is 11.3. The second kappa shape index (κ2) is 7.96. The molecule has 0 N–H and O–H groups in total. The number of pyridine rings is 1. The van der Waals surface area contributed by atoms with Gasteiger partial charge in [-0.15, -0.1) is 0 Å². The maximum Gasteiger partial charge on any atom is 0.137 e. The molecule has 0 fully saturated rings. The molecule has 0 saturated heterocycles. The molecule has 5 aromatic carbocycles. The molecule has 0 atom stereocenters. The van der Waals surface area contributed by atoms with E-state index in [1.807, 2.05) is 12.3 Å². The lowest BCUT2D eigenvalue weighted by Gasteiger charge is -2.24. The minimum Gasteiger partial charge on any atom is -0.309 e. The van der Waals surface area contributed by atoms with E-state index in [1.54, 1.807) is 0 Å². The minimum absolute atomic E-state index is 0.204. The highest BCUT2D eigenvalue weighted by Gasteiger charge is 2.41. The Morgan fingerprint density at radius 3 is 1.90 bits per heavy atom. The van der Waals surface area contributed by atoms with Crippen LogP contribution in [0, 0.1) is 0 Å². The standard InChI is InChI=1S/C38H27N3/c1-38(2)28-19-9-6-16-25(28)34-35(38)37-33(26-17-7-10-20-29(26)40(37)24-14-4-3-5-15-24)32-27-18-8-11-21-30(27)41(36(32)34)31-22-12-13-23-39-31/h3-23H,1-2H3. The van der Waals surface area contributed by atoms with Crippen LogP contribution in [0.5, 0.6) is 0 Å². The Kier molecular flexibility index (Phi) is 4.39. The van der Waals surface area contributed by atoms with Gasteiger partial charge in [-0.3, -0.25) is 4.57 Å². The summed E-state index contributed by atoms with van der Waals surface area (Å²) in [5, 5.41) is 5.12. The molecule has 3 heteroatoms. The van der Waals surface area contributed by atoms with Crippen LogP contribution < -0.4 is 0 Å². The lowest BCUT2D eigenvalue weighted by molar-refractivity contribution is 0.664. The van der Waals surface area contributed by atoms with Gasteiger partial charge in [-0.1, -0.05) is 98.8 Å². The first-order valence-corrected chi connectivity index (χ1v) is 14.3. The molecule has 0 bridgehead atoms. The summed E-state index contributed by atoms with van der Waals surface area (Å²) in [6, 6.07) is 43.8. The highest BCUT2D eigenvalue weighted by molar-refractivity contribution is 6.33. The molecule has 0 spiro atoms. The van der Waals surface area contributed by atoms with Crippen molar-refractivity contribution in [2.45, 2.75) is 19.3 Å². The molecule has 8 aromatic rings. The zero-order chi connectivity index (χ0) is 27.3. The summed E-state index contributed by atoms with van der Waals surface area (Å²) in [5.74, 6) is 0.939. The van der Waals surface area contributed by atoms with E-state index in [1.165, 1.54) is 71.6 Å². The summed E-state index contributed by atoms with van der Waals surface area (Å²) in [6.07, 6.45) is 1.90.